The van der Waals surface area contributed by atoms with Crippen LogP contribution in [0.15, 0.2) is 55.1 Å². The summed E-state index contributed by atoms with van der Waals surface area (Å²) in [6.45, 7) is 6.96. The number of piperidine rings is 1. The Morgan fingerprint density at radius 3 is 2.69 bits per heavy atom. The van der Waals surface area contributed by atoms with Gasteiger partial charge in [-0.15, -0.1) is 5.10 Å². The number of fused-ring (bicyclic) bond motifs is 1. The van der Waals surface area contributed by atoms with E-state index in [4.69, 9.17) is 9.72 Å². The van der Waals surface area contributed by atoms with Gasteiger partial charge in [0, 0.05) is 42.1 Å². The summed E-state index contributed by atoms with van der Waals surface area (Å²) in [5, 5.41) is 34.8. The molecule has 39 heavy (non-hydrogen) atoms. The van der Waals surface area contributed by atoms with E-state index in [2.05, 4.69) is 31.6 Å². The summed E-state index contributed by atoms with van der Waals surface area (Å²) in [5.74, 6) is 1.13. The van der Waals surface area contributed by atoms with Crippen LogP contribution in [0.25, 0.3) is 16.6 Å². The number of rotatable bonds is 7. The first-order chi connectivity index (χ1) is 18.6. The van der Waals surface area contributed by atoms with Gasteiger partial charge in [-0.25, -0.2) is 9.50 Å². The Hall–Kier alpha value is -4.56. The van der Waals surface area contributed by atoms with Gasteiger partial charge in [0.1, 0.15) is 24.2 Å². The number of nitrogens with one attached hydrogen (secondary N) is 1. The molecule has 0 aliphatic carbocycles. The SMILES string of the molecule is CC(C)(O)COc1cc(-c2ccc(N3CCC(C)(NC(=O)c4cccnn4)CC3)nc2)c2c(C#N)cnn2c1. The largest absolute Gasteiger partial charge is 0.489 e. The Kier molecular flexibility index (Phi) is 6.89. The van der Waals surface area contributed by atoms with Crippen molar-refractivity contribution in [1.82, 2.24) is 30.1 Å². The van der Waals surface area contributed by atoms with Crippen LogP contribution >= 0.6 is 0 Å². The average Bonchev–Trinajstić information content (AvgIpc) is 3.35. The number of nitriles is 1. The van der Waals surface area contributed by atoms with E-state index >= 15 is 0 Å². The molecule has 5 rings (SSSR count). The first-order valence-electron chi connectivity index (χ1n) is 12.7. The van der Waals surface area contributed by atoms with Crippen LogP contribution in [0.5, 0.6) is 5.75 Å². The van der Waals surface area contributed by atoms with Gasteiger partial charge in [0.15, 0.2) is 5.69 Å². The number of carbonyl (C=O) groups is 1. The molecule has 0 atom stereocenters. The second kappa shape index (κ2) is 10.3. The van der Waals surface area contributed by atoms with Gasteiger partial charge in [-0.05, 0) is 63.9 Å². The second-order valence-corrected chi connectivity index (χ2v) is 10.7. The van der Waals surface area contributed by atoms with E-state index < -0.39 is 5.60 Å². The number of amides is 1. The van der Waals surface area contributed by atoms with E-state index in [1.807, 2.05) is 25.1 Å². The third kappa shape index (κ3) is 5.81. The minimum Gasteiger partial charge on any atom is -0.489 e. The van der Waals surface area contributed by atoms with Crippen molar-refractivity contribution < 1.29 is 14.6 Å². The molecule has 0 radical (unpaired) electrons. The lowest BCUT2D eigenvalue weighted by Crippen LogP contribution is -2.53. The Morgan fingerprint density at radius 2 is 2.05 bits per heavy atom. The lowest BCUT2D eigenvalue weighted by atomic mass is 9.89. The molecule has 1 amide bonds. The molecule has 0 saturated carbocycles. The van der Waals surface area contributed by atoms with Crippen molar-refractivity contribution in [2.75, 3.05) is 24.6 Å². The smallest absolute Gasteiger partial charge is 0.272 e. The van der Waals surface area contributed by atoms with E-state index in [1.54, 1.807) is 49.1 Å². The molecule has 1 saturated heterocycles. The summed E-state index contributed by atoms with van der Waals surface area (Å²) in [4.78, 5) is 19.5. The van der Waals surface area contributed by atoms with Gasteiger partial charge in [-0.3, -0.25) is 4.79 Å². The Balaban J connectivity index is 1.32. The molecule has 11 nitrogen and oxygen atoms in total. The van der Waals surface area contributed by atoms with Gasteiger partial charge in [-0.2, -0.15) is 15.5 Å². The highest BCUT2D eigenvalue weighted by Crippen LogP contribution is 2.32. The molecule has 1 aliphatic rings. The number of anilines is 1. The third-order valence-electron chi connectivity index (χ3n) is 6.77. The maximum atomic E-state index is 12.6. The highest BCUT2D eigenvalue weighted by molar-refractivity contribution is 5.92. The van der Waals surface area contributed by atoms with Gasteiger partial charge in [-0.1, -0.05) is 0 Å². The van der Waals surface area contributed by atoms with Gasteiger partial charge in [0.2, 0.25) is 0 Å². The van der Waals surface area contributed by atoms with E-state index in [-0.39, 0.29) is 18.1 Å². The number of carbonyl (C=O) groups excluding carboxylic acids is 1. The second-order valence-electron chi connectivity index (χ2n) is 10.7. The van der Waals surface area contributed by atoms with Crippen molar-refractivity contribution in [2.24, 2.45) is 0 Å². The van der Waals surface area contributed by atoms with Crippen molar-refractivity contribution in [3.8, 4) is 22.9 Å². The van der Waals surface area contributed by atoms with Gasteiger partial charge >= 0.3 is 0 Å². The fourth-order valence-electron chi connectivity index (χ4n) is 4.59. The van der Waals surface area contributed by atoms with Crippen LogP contribution in [0.4, 0.5) is 5.82 Å². The molecular formula is C28H30N8O3. The number of aliphatic hydroxyl groups is 1. The quantitative estimate of drug-likeness (QED) is 0.372. The number of hydrogen-bond donors (Lipinski definition) is 2. The molecule has 200 valence electrons. The van der Waals surface area contributed by atoms with Crippen LogP contribution in [0.1, 0.15) is 49.7 Å². The molecule has 1 fully saturated rings. The fraction of sp³-hybridized carbons (Fsp3) is 0.357. The van der Waals surface area contributed by atoms with Crippen molar-refractivity contribution in [3.63, 3.8) is 0 Å². The molecule has 1 aliphatic heterocycles. The summed E-state index contributed by atoms with van der Waals surface area (Å²) in [6, 6.07) is 11.3. The van der Waals surface area contributed by atoms with Crippen LogP contribution < -0.4 is 15.0 Å². The number of ether oxygens (including phenoxy) is 1. The highest BCUT2D eigenvalue weighted by atomic mass is 16.5. The maximum Gasteiger partial charge on any atom is 0.272 e. The lowest BCUT2D eigenvalue weighted by molar-refractivity contribution is 0.0283. The van der Waals surface area contributed by atoms with Crippen molar-refractivity contribution >= 4 is 17.2 Å². The molecule has 0 bridgehead atoms. The van der Waals surface area contributed by atoms with E-state index in [0.717, 1.165) is 42.9 Å². The zero-order chi connectivity index (χ0) is 27.6. The Bertz CT molecular complexity index is 1510. The van der Waals surface area contributed by atoms with Gasteiger partial charge < -0.3 is 20.1 Å². The fourth-order valence-corrected chi connectivity index (χ4v) is 4.59. The third-order valence-corrected chi connectivity index (χ3v) is 6.77. The van der Waals surface area contributed by atoms with Crippen LogP contribution in [-0.4, -0.2) is 66.6 Å². The van der Waals surface area contributed by atoms with Crippen molar-refractivity contribution in [1.29, 1.82) is 5.26 Å². The average molecular weight is 527 g/mol. The molecule has 0 unspecified atom stereocenters. The summed E-state index contributed by atoms with van der Waals surface area (Å²) in [5.41, 5.74) is 1.64. The number of aromatic nitrogens is 5. The normalized spacial score (nSPS) is 15.1. The Morgan fingerprint density at radius 1 is 1.26 bits per heavy atom. The zero-order valence-electron chi connectivity index (χ0n) is 22.1. The van der Waals surface area contributed by atoms with Gasteiger partial charge in [0.25, 0.3) is 5.91 Å². The molecule has 4 aromatic heterocycles. The topological polar surface area (TPSA) is 142 Å². The number of nitrogens with zero attached hydrogens (tertiary/aromatic N) is 7. The highest BCUT2D eigenvalue weighted by Gasteiger charge is 2.32. The summed E-state index contributed by atoms with van der Waals surface area (Å²) >= 11 is 0. The Labute approximate surface area is 226 Å². The predicted octanol–water partition coefficient (Wildman–Crippen LogP) is 3.00. The number of pyridine rings is 2. The first-order valence-corrected chi connectivity index (χ1v) is 12.7. The van der Waals surface area contributed by atoms with E-state index in [0.29, 0.717) is 22.5 Å². The lowest BCUT2D eigenvalue weighted by Gasteiger charge is -2.40. The van der Waals surface area contributed by atoms with Crippen LogP contribution in [0.2, 0.25) is 0 Å². The van der Waals surface area contributed by atoms with E-state index in [9.17, 15) is 15.2 Å². The summed E-state index contributed by atoms with van der Waals surface area (Å²) < 4.78 is 7.43. The molecule has 5 heterocycles. The van der Waals surface area contributed by atoms with Crippen LogP contribution in [-0.2, 0) is 0 Å². The maximum absolute atomic E-state index is 12.6. The molecule has 0 aromatic carbocycles. The van der Waals surface area contributed by atoms with E-state index in [1.165, 1.54) is 6.20 Å². The number of hydrogen-bond acceptors (Lipinski definition) is 9. The van der Waals surface area contributed by atoms with Gasteiger partial charge in [0.05, 0.1) is 29.1 Å². The first kappa shape index (κ1) is 26.1. The van der Waals surface area contributed by atoms with Crippen LogP contribution in [0, 0.1) is 11.3 Å². The van der Waals surface area contributed by atoms with Crippen LogP contribution in [0.3, 0.4) is 0 Å². The molecule has 2 N–H and O–H groups in total. The molecule has 0 spiro atoms. The monoisotopic (exact) mass is 526 g/mol. The molecular weight excluding hydrogens is 496 g/mol. The minimum atomic E-state index is -0.997. The molecule has 11 heteroatoms. The molecule has 4 aromatic rings. The van der Waals surface area contributed by atoms with Crippen molar-refractivity contribution in [3.05, 3.63) is 66.4 Å². The summed E-state index contributed by atoms with van der Waals surface area (Å²) in [7, 11) is 0. The minimum absolute atomic E-state index is 0.106. The van der Waals surface area contributed by atoms with Crippen molar-refractivity contribution in [2.45, 2.75) is 44.8 Å². The zero-order valence-corrected chi connectivity index (χ0v) is 22.1. The summed E-state index contributed by atoms with van der Waals surface area (Å²) in [6.07, 6.45) is 8.05. The predicted molar refractivity (Wildman–Crippen MR) is 144 cm³/mol. The standard InChI is InChI=1S/C28H30N8O3/c1-27(2,38)18-39-21-13-22(25-20(14-29)16-32-36(25)17-21)19-6-7-24(30-15-19)35-11-8-28(3,9-12-35)33-26(37)23-5-4-10-31-34-23/h4-7,10,13,15-17,38H,8-9,11-12,18H2,1-3H3,(H,33,37).